The standard InChI is InChI=1S/C14H21NO3/c16-10-11-4-1-2-6-13(11)15-14(17)8-7-12-5-3-9-18-12/h3,5,9,11,13,16H,1-2,4,6-8,10H2,(H,15,17). The highest BCUT2D eigenvalue weighted by Gasteiger charge is 2.25. The summed E-state index contributed by atoms with van der Waals surface area (Å²) in [5.74, 6) is 1.12. The lowest BCUT2D eigenvalue weighted by molar-refractivity contribution is -0.122. The van der Waals surface area contributed by atoms with Crippen LogP contribution in [0.25, 0.3) is 0 Å². The molecule has 100 valence electrons. The van der Waals surface area contributed by atoms with Gasteiger partial charge in [0.1, 0.15) is 5.76 Å². The topological polar surface area (TPSA) is 62.5 Å². The molecule has 1 aromatic heterocycles. The Balaban J connectivity index is 1.75. The molecule has 0 aliphatic heterocycles. The number of rotatable bonds is 5. The minimum atomic E-state index is 0.0525. The fraction of sp³-hybridized carbons (Fsp3) is 0.643. The molecule has 1 saturated carbocycles. The van der Waals surface area contributed by atoms with Gasteiger partial charge in [0.15, 0.2) is 0 Å². The molecule has 2 N–H and O–H groups in total. The summed E-state index contributed by atoms with van der Waals surface area (Å²) in [5, 5.41) is 12.3. The SMILES string of the molecule is O=C(CCc1ccco1)NC1CCCCC1CO. The highest BCUT2D eigenvalue weighted by molar-refractivity contribution is 5.76. The predicted molar refractivity (Wildman–Crippen MR) is 68.0 cm³/mol. The third-order valence-electron chi connectivity index (χ3n) is 3.67. The van der Waals surface area contributed by atoms with Crippen molar-refractivity contribution in [2.45, 2.75) is 44.6 Å². The van der Waals surface area contributed by atoms with Gasteiger partial charge in [0.25, 0.3) is 0 Å². The Bertz CT molecular complexity index is 361. The number of aliphatic hydroxyl groups is 1. The summed E-state index contributed by atoms with van der Waals surface area (Å²) < 4.78 is 5.20. The summed E-state index contributed by atoms with van der Waals surface area (Å²) in [6.07, 6.45) is 6.99. The van der Waals surface area contributed by atoms with E-state index >= 15 is 0 Å². The quantitative estimate of drug-likeness (QED) is 0.840. The van der Waals surface area contributed by atoms with Crippen LogP contribution in [0.4, 0.5) is 0 Å². The van der Waals surface area contributed by atoms with Crippen molar-refractivity contribution in [1.82, 2.24) is 5.32 Å². The minimum Gasteiger partial charge on any atom is -0.469 e. The lowest BCUT2D eigenvalue weighted by Gasteiger charge is -2.30. The number of furan rings is 1. The zero-order valence-electron chi connectivity index (χ0n) is 10.6. The first-order valence-electron chi connectivity index (χ1n) is 6.72. The number of hydrogen-bond donors (Lipinski definition) is 2. The molecule has 4 heteroatoms. The average molecular weight is 251 g/mol. The molecule has 1 fully saturated rings. The Kier molecular flexibility index (Phi) is 4.81. The highest BCUT2D eigenvalue weighted by Crippen LogP contribution is 2.24. The molecule has 18 heavy (non-hydrogen) atoms. The Morgan fingerprint density at radius 2 is 2.28 bits per heavy atom. The van der Waals surface area contributed by atoms with Gasteiger partial charge in [-0.15, -0.1) is 0 Å². The summed E-state index contributed by atoms with van der Waals surface area (Å²) in [7, 11) is 0. The molecule has 2 unspecified atom stereocenters. The number of carbonyl (C=O) groups excluding carboxylic acids is 1. The number of hydrogen-bond acceptors (Lipinski definition) is 3. The van der Waals surface area contributed by atoms with Gasteiger partial charge in [-0.2, -0.15) is 0 Å². The zero-order chi connectivity index (χ0) is 12.8. The van der Waals surface area contributed by atoms with Gasteiger partial charge in [-0.3, -0.25) is 4.79 Å². The van der Waals surface area contributed by atoms with Crippen LogP contribution in [0.15, 0.2) is 22.8 Å². The van der Waals surface area contributed by atoms with E-state index in [1.807, 2.05) is 12.1 Å². The molecule has 0 aromatic carbocycles. The van der Waals surface area contributed by atoms with Gasteiger partial charge >= 0.3 is 0 Å². The molecule has 0 bridgehead atoms. The van der Waals surface area contributed by atoms with Crippen LogP contribution in [-0.4, -0.2) is 23.7 Å². The van der Waals surface area contributed by atoms with Crippen molar-refractivity contribution >= 4 is 5.91 Å². The van der Waals surface area contributed by atoms with E-state index in [4.69, 9.17) is 4.42 Å². The molecule has 0 saturated heterocycles. The Labute approximate surface area is 107 Å². The number of aryl methyl sites for hydroxylation is 1. The predicted octanol–water partition coefficient (Wildman–Crippen LogP) is 1.88. The molecule has 2 atom stereocenters. The minimum absolute atomic E-state index is 0.0525. The second-order valence-electron chi connectivity index (χ2n) is 4.98. The zero-order valence-corrected chi connectivity index (χ0v) is 10.6. The molecule has 1 aliphatic carbocycles. The van der Waals surface area contributed by atoms with E-state index in [1.54, 1.807) is 6.26 Å². The Morgan fingerprint density at radius 1 is 1.44 bits per heavy atom. The molecular weight excluding hydrogens is 230 g/mol. The van der Waals surface area contributed by atoms with E-state index in [0.29, 0.717) is 12.8 Å². The van der Waals surface area contributed by atoms with Crippen molar-refractivity contribution in [3.63, 3.8) is 0 Å². The van der Waals surface area contributed by atoms with Crippen LogP contribution in [0.5, 0.6) is 0 Å². The molecule has 0 spiro atoms. The van der Waals surface area contributed by atoms with Crippen molar-refractivity contribution in [3.8, 4) is 0 Å². The van der Waals surface area contributed by atoms with Crippen LogP contribution >= 0.6 is 0 Å². The number of aliphatic hydroxyl groups excluding tert-OH is 1. The average Bonchev–Trinajstić information content (AvgIpc) is 2.90. The lowest BCUT2D eigenvalue weighted by Crippen LogP contribution is -2.43. The van der Waals surface area contributed by atoms with E-state index in [2.05, 4.69) is 5.32 Å². The maximum atomic E-state index is 11.8. The van der Waals surface area contributed by atoms with Gasteiger partial charge in [-0.25, -0.2) is 0 Å². The van der Waals surface area contributed by atoms with E-state index < -0.39 is 0 Å². The van der Waals surface area contributed by atoms with Crippen molar-refractivity contribution < 1.29 is 14.3 Å². The van der Waals surface area contributed by atoms with Crippen LogP contribution in [0.3, 0.4) is 0 Å². The first kappa shape index (κ1) is 13.1. The van der Waals surface area contributed by atoms with E-state index in [1.165, 1.54) is 0 Å². The highest BCUT2D eigenvalue weighted by atomic mass is 16.3. The molecule has 1 aliphatic rings. The fourth-order valence-corrected chi connectivity index (χ4v) is 2.59. The summed E-state index contributed by atoms with van der Waals surface area (Å²) in [5.41, 5.74) is 0. The Hall–Kier alpha value is -1.29. The van der Waals surface area contributed by atoms with Crippen molar-refractivity contribution in [1.29, 1.82) is 0 Å². The number of carbonyl (C=O) groups is 1. The summed E-state index contributed by atoms with van der Waals surface area (Å²) in [4.78, 5) is 11.8. The fourth-order valence-electron chi connectivity index (χ4n) is 2.59. The van der Waals surface area contributed by atoms with Gasteiger partial charge in [0, 0.05) is 31.4 Å². The molecule has 1 amide bonds. The molecule has 4 nitrogen and oxygen atoms in total. The summed E-state index contributed by atoms with van der Waals surface area (Å²) in [6, 6.07) is 3.86. The normalized spacial score (nSPS) is 23.8. The molecule has 0 radical (unpaired) electrons. The van der Waals surface area contributed by atoms with E-state index in [0.717, 1.165) is 31.4 Å². The largest absolute Gasteiger partial charge is 0.469 e. The van der Waals surface area contributed by atoms with Crippen LogP contribution in [-0.2, 0) is 11.2 Å². The van der Waals surface area contributed by atoms with Crippen LogP contribution < -0.4 is 5.32 Å². The van der Waals surface area contributed by atoms with Gasteiger partial charge in [-0.05, 0) is 25.0 Å². The molecule has 1 aromatic rings. The lowest BCUT2D eigenvalue weighted by atomic mass is 9.85. The first-order chi connectivity index (χ1) is 8.79. The van der Waals surface area contributed by atoms with Crippen LogP contribution in [0.2, 0.25) is 0 Å². The van der Waals surface area contributed by atoms with Gasteiger partial charge in [-0.1, -0.05) is 12.8 Å². The van der Waals surface area contributed by atoms with Gasteiger partial charge in [0.05, 0.1) is 6.26 Å². The van der Waals surface area contributed by atoms with Gasteiger partial charge in [0.2, 0.25) is 5.91 Å². The summed E-state index contributed by atoms with van der Waals surface area (Å²) >= 11 is 0. The number of amides is 1. The van der Waals surface area contributed by atoms with Crippen molar-refractivity contribution in [2.24, 2.45) is 5.92 Å². The van der Waals surface area contributed by atoms with Crippen molar-refractivity contribution in [2.75, 3.05) is 6.61 Å². The van der Waals surface area contributed by atoms with E-state index in [9.17, 15) is 9.90 Å². The number of nitrogens with one attached hydrogen (secondary N) is 1. The second kappa shape index (κ2) is 6.59. The third-order valence-corrected chi connectivity index (χ3v) is 3.67. The Morgan fingerprint density at radius 3 is 3.00 bits per heavy atom. The molecular formula is C14H21NO3. The molecule has 1 heterocycles. The second-order valence-corrected chi connectivity index (χ2v) is 4.98. The van der Waals surface area contributed by atoms with Crippen molar-refractivity contribution in [3.05, 3.63) is 24.2 Å². The summed E-state index contributed by atoms with van der Waals surface area (Å²) in [6.45, 7) is 0.170. The van der Waals surface area contributed by atoms with Crippen LogP contribution in [0, 0.1) is 5.92 Å². The monoisotopic (exact) mass is 251 g/mol. The smallest absolute Gasteiger partial charge is 0.220 e. The van der Waals surface area contributed by atoms with Crippen LogP contribution in [0.1, 0.15) is 37.9 Å². The van der Waals surface area contributed by atoms with Gasteiger partial charge < -0.3 is 14.8 Å². The molecule has 2 rings (SSSR count). The first-order valence-corrected chi connectivity index (χ1v) is 6.72. The maximum Gasteiger partial charge on any atom is 0.220 e. The third kappa shape index (κ3) is 3.60. The maximum absolute atomic E-state index is 11.8. The van der Waals surface area contributed by atoms with E-state index in [-0.39, 0.29) is 24.5 Å².